The summed E-state index contributed by atoms with van der Waals surface area (Å²) in [5.41, 5.74) is -0.439. The maximum atomic E-state index is 11.5. The number of amides is 1. The predicted molar refractivity (Wildman–Crippen MR) is 89.1 cm³/mol. The van der Waals surface area contributed by atoms with Gasteiger partial charge in [-0.1, -0.05) is 19.3 Å². The zero-order valence-electron chi connectivity index (χ0n) is 14.7. The van der Waals surface area contributed by atoms with E-state index in [-0.39, 0.29) is 6.09 Å². The summed E-state index contributed by atoms with van der Waals surface area (Å²) in [6, 6.07) is 0.366. The van der Waals surface area contributed by atoms with Crippen LogP contribution in [0.4, 0.5) is 4.79 Å². The van der Waals surface area contributed by atoms with Gasteiger partial charge in [0.2, 0.25) is 0 Å². The summed E-state index contributed by atoms with van der Waals surface area (Å²) < 4.78 is 10.5. The van der Waals surface area contributed by atoms with Gasteiger partial charge in [0.05, 0.1) is 6.61 Å². The van der Waals surface area contributed by atoms with E-state index >= 15 is 0 Å². The number of ether oxygens (including phenoxy) is 2. The minimum Gasteiger partial charge on any atom is -0.444 e. The standard InChI is InChI=1S/C17H34N2O3/c1-17(2,3)22-16(20)19-11-6-9-15(13-21-4)18-12-10-14-7-5-8-14/h14-15,18H,5-13H2,1-4H3,(H,19,20). The molecule has 1 aliphatic carbocycles. The number of alkyl carbamates (subject to hydrolysis) is 1. The van der Waals surface area contributed by atoms with Crippen molar-refractivity contribution in [1.29, 1.82) is 0 Å². The van der Waals surface area contributed by atoms with Crippen molar-refractivity contribution in [3.8, 4) is 0 Å². The van der Waals surface area contributed by atoms with Crippen molar-refractivity contribution in [3.63, 3.8) is 0 Å². The fourth-order valence-electron chi connectivity index (χ4n) is 2.57. The second-order valence-corrected chi connectivity index (χ2v) is 7.26. The predicted octanol–water partition coefficient (Wildman–Crippen LogP) is 3.09. The number of hydrogen-bond donors (Lipinski definition) is 2. The second-order valence-electron chi connectivity index (χ2n) is 7.26. The lowest BCUT2D eigenvalue weighted by Gasteiger charge is -2.26. The molecule has 0 aromatic rings. The second kappa shape index (κ2) is 10.1. The molecule has 1 amide bonds. The van der Waals surface area contributed by atoms with Crippen LogP contribution in [0.3, 0.4) is 0 Å². The Morgan fingerprint density at radius 3 is 2.55 bits per heavy atom. The van der Waals surface area contributed by atoms with E-state index in [0.717, 1.165) is 31.9 Å². The third-order valence-corrected chi connectivity index (χ3v) is 3.98. The van der Waals surface area contributed by atoms with Crippen molar-refractivity contribution in [3.05, 3.63) is 0 Å². The van der Waals surface area contributed by atoms with Crippen molar-refractivity contribution in [2.24, 2.45) is 5.92 Å². The summed E-state index contributed by atoms with van der Waals surface area (Å²) >= 11 is 0. The maximum Gasteiger partial charge on any atom is 0.407 e. The quantitative estimate of drug-likeness (QED) is 0.608. The topological polar surface area (TPSA) is 59.6 Å². The minimum atomic E-state index is -0.439. The molecular formula is C17H34N2O3. The van der Waals surface area contributed by atoms with E-state index in [2.05, 4.69) is 10.6 Å². The molecular weight excluding hydrogens is 280 g/mol. The van der Waals surface area contributed by atoms with Crippen molar-refractivity contribution in [1.82, 2.24) is 10.6 Å². The minimum absolute atomic E-state index is 0.339. The van der Waals surface area contributed by atoms with Crippen LogP contribution in [0.25, 0.3) is 0 Å². The molecule has 22 heavy (non-hydrogen) atoms. The molecule has 0 aliphatic heterocycles. The Morgan fingerprint density at radius 2 is 2.00 bits per heavy atom. The first-order chi connectivity index (χ1) is 10.4. The zero-order valence-corrected chi connectivity index (χ0v) is 14.7. The van der Waals surface area contributed by atoms with Gasteiger partial charge in [-0.25, -0.2) is 4.79 Å². The highest BCUT2D eigenvalue weighted by Gasteiger charge is 2.18. The molecule has 5 nitrogen and oxygen atoms in total. The third-order valence-electron chi connectivity index (χ3n) is 3.98. The molecule has 2 N–H and O–H groups in total. The van der Waals surface area contributed by atoms with Crippen LogP contribution in [0.2, 0.25) is 0 Å². The van der Waals surface area contributed by atoms with Crippen LogP contribution in [-0.4, -0.2) is 44.5 Å². The van der Waals surface area contributed by atoms with Crippen LogP contribution in [0.1, 0.15) is 59.3 Å². The Kier molecular flexibility index (Phi) is 8.79. The molecule has 0 bridgehead atoms. The molecule has 1 unspecified atom stereocenters. The number of carbonyl (C=O) groups is 1. The average Bonchev–Trinajstić information content (AvgIpc) is 2.35. The van der Waals surface area contributed by atoms with Gasteiger partial charge < -0.3 is 20.1 Å². The van der Waals surface area contributed by atoms with Crippen LogP contribution >= 0.6 is 0 Å². The van der Waals surface area contributed by atoms with E-state index in [4.69, 9.17) is 9.47 Å². The smallest absolute Gasteiger partial charge is 0.407 e. The summed E-state index contributed by atoms with van der Waals surface area (Å²) in [4.78, 5) is 11.5. The number of hydrogen-bond acceptors (Lipinski definition) is 4. The molecule has 0 saturated heterocycles. The van der Waals surface area contributed by atoms with Gasteiger partial charge in [0.1, 0.15) is 5.60 Å². The van der Waals surface area contributed by atoms with Crippen LogP contribution in [0, 0.1) is 5.92 Å². The molecule has 1 rings (SSSR count). The highest BCUT2D eigenvalue weighted by atomic mass is 16.6. The SMILES string of the molecule is COCC(CCCNC(=O)OC(C)(C)C)NCCC1CCC1. The van der Waals surface area contributed by atoms with Crippen LogP contribution in [-0.2, 0) is 9.47 Å². The summed E-state index contributed by atoms with van der Waals surface area (Å²) in [7, 11) is 1.74. The Hall–Kier alpha value is -0.810. The molecule has 0 radical (unpaired) electrons. The number of rotatable bonds is 10. The first-order valence-electron chi connectivity index (χ1n) is 8.60. The Morgan fingerprint density at radius 1 is 1.27 bits per heavy atom. The van der Waals surface area contributed by atoms with Gasteiger partial charge in [-0.2, -0.15) is 0 Å². The van der Waals surface area contributed by atoms with E-state index in [1.54, 1.807) is 7.11 Å². The van der Waals surface area contributed by atoms with Crippen LogP contribution < -0.4 is 10.6 Å². The monoisotopic (exact) mass is 314 g/mol. The fraction of sp³-hybridized carbons (Fsp3) is 0.941. The Balaban J connectivity index is 2.08. The van der Waals surface area contributed by atoms with Gasteiger partial charge in [0.25, 0.3) is 0 Å². The van der Waals surface area contributed by atoms with Crippen molar-refractivity contribution in [2.45, 2.75) is 70.9 Å². The number of methoxy groups -OCH3 is 1. The van der Waals surface area contributed by atoms with E-state index in [1.807, 2.05) is 20.8 Å². The first kappa shape index (κ1) is 19.2. The van der Waals surface area contributed by atoms with Crippen molar-refractivity contribution < 1.29 is 14.3 Å². The van der Waals surface area contributed by atoms with Crippen LogP contribution in [0.5, 0.6) is 0 Å². The number of nitrogens with one attached hydrogen (secondary N) is 2. The zero-order chi connectivity index (χ0) is 16.4. The first-order valence-corrected chi connectivity index (χ1v) is 8.60. The fourth-order valence-corrected chi connectivity index (χ4v) is 2.57. The largest absolute Gasteiger partial charge is 0.444 e. The van der Waals surface area contributed by atoms with Gasteiger partial charge in [-0.3, -0.25) is 0 Å². The Labute approximate surface area is 135 Å². The van der Waals surface area contributed by atoms with Gasteiger partial charge in [0, 0.05) is 19.7 Å². The lowest BCUT2D eigenvalue weighted by Crippen LogP contribution is -2.37. The highest BCUT2D eigenvalue weighted by Crippen LogP contribution is 2.28. The molecule has 0 heterocycles. The molecule has 130 valence electrons. The average molecular weight is 314 g/mol. The van der Waals surface area contributed by atoms with E-state index < -0.39 is 5.60 Å². The lowest BCUT2D eigenvalue weighted by atomic mass is 9.83. The molecule has 1 atom stereocenters. The summed E-state index contributed by atoms with van der Waals surface area (Å²) in [6.07, 6.45) is 7.05. The van der Waals surface area contributed by atoms with Gasteiger partial charge in [0.15, 0.2) is 0 Å². The maximum absolute atomic E-state index is 11.5. The van der Waals surface area contributed by atoms with Gasteiger partial charge in [-0.05, 0) is 52.5 Å². The summed E-state index contributed by atoms with van der Waals surface area (Å²) in [5, 5.41) is 6.38. The van der Waals surface area contributed by atoms with Crippen molar-refractivity contribution >= 4 is 6.09 Å². The molecule has 0 aromatic carbocycles. The highest BCUT2D eigenvalue weighted by molar-refractivity contribution is 5.67. The number of carbonyl (C=O) groups excluding carboxylic acids is 1. The molecule has 5 heteroatoms. The third kappa shape index (κ3) is 9.26. The molecule has 0 spiro atoms. The lowest BCUT2D eigenvalue weighted by molar-refractivity contribution is 0.0526. The van der Waals surface area contributed by atoms with Gasteiger partial charge in [-0.15, -0.1) is 0 Å². The molecule has 1 saturated carbocycles. The Bertz CT molecular complexity index is 312. The van der Waals surface area contributed by atoms with E-state index in [0.29, 0.717) is 12.6 Å². The van der Waals surface area contributed by atoms with E-state index in [9.17, 15) is 4.79 Å². The molecule has 0 aromatic heterocycles. The normalized spacial score (nSPS) is 16.9. The molecule has 1 aliphatic rings. The molecule has 1 fully saturated rings. The summed E-state index contributed by atoms with van der Waals surface area (Å²) in [5.74, 6) is 0.935. The van der Waals surface area contributed by atoms with E-state index in [1.165, 1.54) is 25.7 Å². The van der Waals surface area contributed by atoms with Crippen LogP contribution in [0.15, 0.2) is 0 Å². The van der Waals surface area contributed by atoms with Crippen molar-refractivity contribution in [2.75, 3.05) is 26.8 Å². The van der Waals surface area contributed by atoms with Gasteiger partial charge >= 0.3 is 6.09 Å². The summed E-state index contributed by atoms with van der Waals surface area (Å²) in [6.45, 7) is 8.03.